The Bertz CT molecular complexity index is 835. The number of hydrogen-bond donors (Lipinski definition) is 2. The summed E-state index contributed by atoms with van der Waals surface area (Å²) in [7, 11) is 0. The van der Waals surface area contributed by atoms with Crippen LogP contribution < -0.4 is 14.8 Å². The molecule has 1 unspecified atom stereocenters. The number of pyridine rings is 1. The molecular formula is C20H24N2O5. The molecule has 1 aromatic carbocycles. The van der Waals surface area contributed by atoms with Crippen molar-refractivity contribution in [3.63, 3.8) is 0 Å². The van der Waals surface area contributed by atoms with Gasteiger partial charge < -0.3 is 19.9 Å². The summed E-state index contributed by atoms with van der Waals surface area (Å²) in [5.41, 5.74) is 1.39. The highest BCUT2D eigenvalue weighted by Gasteiger charge is 2.17. The summed E-state index contributed by atoms with van der Waals surface area (Å²) in [5, 5.41) is 11.9. The Morgan fingerprint density at radius 3 is 2.37 bits per heavy atom. The molecule has 1 heterocycles. The van der Waals surface area contributed by atoms with Crippen molar-refractivity contribution in [2.24, 2.45) is 0 Å². The topological polar surface area (TPSA) is 97.8 Å². The van der Waals surface area contributed by atoms with Crippen molar-refractivity contribution in [1.29, 1.82) is 0 Å². The van der Waals surface area contributed by atoms with Crippen molar-refractivity contribution >= 4 is 11.9 Å². The van der Waals surface area contributed by atoms with E-state index < -0.39 is 5.97 Å². The Morgan fingerprint density at radius 1 is 1.11 bits per heavy atom. The lowest BCUT2D eigenvalue weighted by Gasteiger charge is -2.17. The smallest absolute Gasteiger partial charge is 0.337 e. The summed E-state index contributed by atoms with van der Waals surface area (Å²) in [6, 6.07) is 8.01. The molecular weight excluding hydrogens is 348 g/mol. The zero-order valence-electron chi connectivity index (χ0n) is 15.9. The van der Waals surface area contributed by atoms with Crippen molar-refractivity contribution < 1.29 is 24.2 Å². The van der Waals surface area contributed by atoms with E-state index in [0.717, 1.165) is 5.56 Å². The zero-order chi connectivity index (χ0) is 20.0. The first kappa shape index (κ1) is 20.2. The molecule has 144 valence electrons. The number of rotatable bonds is 8. The van der Waals surface area contributed by atoms with Crippen LogP contribution in [-0.2, 0) is 0 Å². The number of carbonyl (C=O) groups excluding carboxylic acids is 1. The maximum atomic E-state index is 12.5. The molecule has 0 aliphatic carbocycles. The highest BCUT2D eigenvalue weighted by atomic mass is 16.5. The fraction of sp³-hybridized carbons (Fsp3) is 0.350. The van der Waals surface area contributed by atoms with Crippen LogP contribution in [0.15, 0.2) is 30.3 Å². The Labute approximate surface area is 158 Å². The van der Waals surface area contributed by atoms with Crippen molar-refractivity contribution in [2.75, 3.05) is 13.2 Å². The van der Waals surface area contributed by atoms with Gasteiger partial charge in [0.2, 0.25) is 0 Å². The second kappa shape index (κ2) is 9.02. The number of ether oxygens (including phenoxy) is 2. The van der Waals surface area contributed by atoms with Gasteiger partial charge in [0.25, 0.3) is 5.91 Å². The number of nitrogens with one attached hydrogen (secondary N) is 1. The van der Waals surface area contributed by atoms with Crippen LogP contribution in [0.2, 0.25) is 0 Å². The van der Waals surface area contributed by atoms with Gasteiger partial charge in [-0.15, -0.1) is 0 Å². The monoisotopic (exact) mass is 372 g/mol. The summed E-state index contributed by atoms with van der Waals surface area (Å²) >= 11 is 0. The van der Waals surface area contributed by atoms with Crippen molar-refractivity contribution in [1.82, 2.24) is 10.3 Å². The number of benzene rings is 1. The average molecular weight is 372 g/mol. The van der Waals surface area contributed by atoms with Gasteiger partial charge >= 0.3 is 5.97 Å². The third-order valence-corrected chi connectivity index (χ3v) is 3.96. The molecule has 0 saturated heterocycles. The third kappa shape index (κ3) is 4.97. The van der Waals surface area contributed by atoms with Crippen molar-refractivity contribution in [3.05, 3.63) is 52.8 Å². The number of aromatic nitrogens is 1. The number of hydrogen-bond acceptors (Lipinski definition) is 5. The fourth-order valence-electron chi connectivity index (χ4n) is 2.60. The molecule has 7 nitrogen and oxygen atoms in total. The van der Waals surface area contributed by atoms with Gasteiger partial charge in [-0.3, -0.25) is 4.79 Å². The van der Waals surface area contributed by atoms with Crippen LogP contribution in [0.25, 0.3) is 0 Å². The van der Waals surface area contributed by atoms with Gasteiger partial charge in [0, 0.05) is 0 Å². The molecule has 1 aromatic heterocycles. The molecule has 0 radical (unpaired) electrons. The van der Waals surface area contributed by atoms with Gasteiger partial charge in [0.1, 0.15) is 5.69 Å². The van der Waals surface area contributed by atoms with E-state index in [0.29, 0.717) is 30.4 Å². The first-order valence-corrected chi connectivity index (χ1v) is 8.78. The fourth-order valence-corrected chi connectivity index (χ4v) is 2.60. The molecule has 1 amide bonds. The van der Waals surface area contributed by atoms with E-state index in [9.17, 15) is 9.59 Å². The van der Waals surface area contributed by atoms with Crippen LogP contribution in [0, 0.1) is 6.92 Å². The number of aromatic carboxylic acids is 1. The minimum absolute atomic E-state index is 0.0764. The molecule has 1 atom stereocenters. The SMILES string of the molecule is CCOc1ccc(C(C)NC(=O)c2ccc(C(=O)O)c(C)n2)cc1OCC. The van der Waals surface area contributed by atoms with E-state index in [4.69, 9.17) is 14.6 Å². The van der Waals surface area contributed by atoms with Gasteiger partial charge in [-0.25, -0.2) is 9.78 Å². The van der Waals surface area contributed by atoms with E-state index in [2.05, 4.69) is 10.3 Å². The van der Waals surface area contributed by atoms with E-state index in [1.54, 1.807) is 6.92 Å². The second-order valence-corrected chi connectivity index (χ2v) is 5.90. The predicted molar refractivity (Wildman–Crippen MR) is 101 cm³/mol. The maximum absolute atomic E-state index is 12.5. The van der Waals surface area contributed by atoms with Crippen molar-refractivity contribution in [3.8, 4) is 11.5 Å². The largest absolute Gasteiger partial charge is 0.490 e. The normalized spacial score (nSPS) is 11.6. The van der Waals surface area contributed by atoms with Crippen LogP contribution in [0.1, 0.15) is 58.9 Å². The molecule has 27 heavy (non-hydrogen) atoms. The summed E-state index contributed by atoms with van der Waals surface area (Å²) < 4.78 is 11.2. The number of nitrogens with zero attached hydrogens (tertiary/aromatic N) is 1. The van der Waals surface area contributed by atoms with Crippen LogP contribution in [0.5, 0.6) is 11.5 Å². The van der Waals surface area contributed by atoms with Crippen LogP contribution in [0.4, 0.5) is 0 Å². The lowest BCUT2D eigenvalue weighted by molar-refractivity contribution is 0.0694. The highest BCUT2D eigenvalue weighted by molar-refractivity contribution is 5.94. The van der Waals surface area contributed by atoms with Gasteiger partial charge in [-0.1, -0.05) is 6.07 Å². The van der Waals surface area contributed by atoms with Gasteiger partial charge in [-0.2, -0.15) is 0 Å². The number of carboxylic acids is 1. The van der Waals surface area contributed by atoms with Crippen LogP contribution in [0.3, 0.4) is 0 Å². The lowest BCUT2D eigenvalue weighted by Crippen LogP contribution is -2.27. The molecule has 7 heteroatoms. The first-order valence-electron chi connectivity index (χ1n) is 8.78. The Balaban J connectivity index is 2.17. The van der Waals surface area contributed by atoms with E-state index in [-0.39, 0.29) is 23.2 Å². The average Bonchev–Trinajstić information content (AvgIpc) is 2.63. The predicted octanol–water partition coefficient (Wildman–Crippen LogP) is 3.38. The molecule has 0 aliphatic heterocycles. The Kier molecular flexibility index (Phi) is 6.76. The Hall–Kier alpha value is -3.09. The third-order valence-electron chi connectivity index (χ3n) is 3.96. The quantitative estimate of drug-likeness (QED) is 0.737. The van der Waals surface area contributed by atoms with Gasteiger partial charge in [-0.05, 0) is 57.5 Å². The molecule has 0 spiro atoms. The van der Waals surface area contributed by atoms with Crippen molar-refractivity contribution in [2.45, 2.75) is 33.7 Å². The summed E-state index contributed by atoms with van der Waals surface area (Å²) in [4.78, 5) is 27.6. The highest BCUT2D eigenvalue weighted by Crippen LogP contribution is 2.30. The van der Waals surface area contributed by atoms with Gasteiger partial charge in [0.15, 0.2) is 11.5 Å². The molecule has 2 aromatic rings. The number of carboxylic acid groups (broad SMARTS) is 1. The number of aryl methyl sites for hydroxylation is 1. The molecule has 0 bridgehead atoms. The van der Waals surface area contributed by atoms with Crippen LogP contribution >= 0.6 is 0 Å². The van der Waals surface area contributed by atoms with E-state index in [1.165, 1.54) is 12.1 Å². The van der Waals surface area contributed by atoms with E-state index >= 15 is 0 Å². The van der Waals surface area contributed by atoms with E-state index in [1.807, 2.05) is 39.0 Å². The minimum Gasteiger partial charge on any atom is -0.490 e. The summed E-state index contributed by atoms with van der Waals surface area (Å²) in [6.07, 6.45) is 0. The zero-order valence-corrected chi connectivity index (χ0v) is 15.9. The molecule has 2 rings (SSSR count). The first-order chi connectivity index (χ1) is 12.9. The summed E-state index contributed by atoms with van der Waals surface area (Å²) in [6.45, 7) is 8.23. The standard InChI is InChI=1S/C20H24N2O5/c1-5-26-17-10-7-14(11-18(17)27-6-2)12(3)22-19(23)16-9-8-15(20(24)25)13(4)21-16/h7-12H,5-6H2,1-4H3,(H,22,23)(H,24,25). The van der Waals surface area contributed by atoms with Gasteiger partial charge in [0.05, 0.1) is 30.5 Å². The second-order valence-electron chi connectivity index (χ2n) is 5.90. The Morgan fingerprint density at radius 2 is 1.78 bits per heavy atom. The molecule has 0 saturated carbocycles. The number of amides is 1. The minimum atomic E-state index is -1.07. The molecule has 0 aliphatic rings. The molecule has 2 N–H and O–H groups in total. The number of carbonyl (C=O) groups is 2. The summed E-state index contributed by atoms with van der Waals surface area (Å²) in [5.74, 6) is -0.173. The van der Waals surface area contributed by atoms with Crippen LogP contribution in [-0.4, -0.2) is 35.2 Å². The lowest BCUT2D eigenvalue weighted by atomic mass is 10.1. The molecule has 0 fully saturated rings. The maximum Gasteiger partial charge on any atom is 0.337 e.